The van der Waals surface area contributed by atoms with Crippen molar-refractivity contribution in [2.45, 2.75) is 32.2 Å². The molecule has 2 amide bonds. The molecule has 0 bridgehead atoms. The first-order chi connectivity index (χ1) is 13.2. The number of pyridine rings is 1. The molecule has 0 saturated carbocycles. The van der Waals surface area contributed by atoms with E-state index in [-0.39, 0.29) is 12.1 Å². The minimum atomic E-state index is -0.0159. The predicted molar refractivity (Wildman–Crippen MR) is 107 cm³/mol. The Bertz CT molecular complexity index is 798. The van der Waals surface area contributed by atoms with E-state index in [0.29, 0.717) is 0 Å². The van der Waals surface area contributed by atoms with Crippen LogP contribution in [0.3, 0.4) is 0 Å². The number of hydrogen-bond donors (Lipinski definition) is 1. The largest absolute Gasteiger partial charge is 0.379 e. The molecule has 1 aromatic heterocycles. The van der Waals surface area contributed by atoms with E-state index < -0.39 is 0 Å². The zero-order valence-corrected chi connectivity index (χ0v) is 16.0. The first-order valence-electron chi connectivity index (χ1n) is 9.99. The number of anilines is 1. The highest BCUT2D eigenvalue weighted by Gasteiger charge is 2.22. The SMILES string of the molecule is CC(c1cc(NC(=O)N2CCCCC2)c2ncccc2c1)N1CCOCC1. The molecule has 0 radical (unpaired) electrons. The van der Waals surface area contributed by atoms with Gasteiger partial charge in [-0.3, -0.25) is 9.88 Å². The molecule has 2 saturated heterocycles. The maximum Gasteiger partial charge on any atom is 0.321 e. The van der Waals surface area contributed by atoms with Crippen LogP contribution in [0.1, 0.15) is 37.8 Å². The summed E-state index contributed by atoms with van der Waals surface area (Å²) < 4.78 is 5.49. The molecule has 2 aromatic rings. The summed E-state index contributed by atoms with van der Waals surface area (Å²) >= 11 is 0. The second-order valence-corrected chi connectivity index (χ2v) is 7.45. The van der Waals surface area contributed by atoms with Crippen LogP contribution in [-0.4, -0.2) is 60.2 Å². The van der Waals surface area contributed by atoms with Gasteiger partial charge in [-0.25, -0.2) is 4.79 Å². The number of aromatic nitrogens is 1. The van der Waals surface area contributed by atoms with E-state index in [4.69, 9.17) is 4.74 Å². The van der Waals surface area contributed by atoms with E-state index in [1.165, 1.54) is 12.0 Å². The van der Waals surface area contributed by atoms with Crippen molar-refractivity contribution in [3.05, 3.63) is 36.0 Å². The summed E-state index contributed by atoms with van der Waals surface area (Å²) in [6, 6.07) is 8.55. The molecule has 144 valence electrons. The van der Waals surface area contributed by atoms with Crippen LogP contribution in [-0.2, 0) is 4.74 Å². The van der Waals surface area contributed by atoms with Crippen molar-refractivity contribution in [1.29, 1.82) is 0 Å². The average Bonchev–Trinajstić information content (AvgIpc) is 2.74. The van der Waals surface area contributed by atoms with Crippen molar-refractivity contribution < 1.29 is 9.53 Å². The number of nitrogens with zero attached hydrogens (tertiary/aromatic N) is 3. The zero-order valence-electron chi connectivity index (χ0n) is 16.0. The number of likely N-dealkylation sites (tertiary alicyclic amines) is 1. The number of nitrogens with one attached hydrogen (secondary N) is 1. The van der Waals surface area contributed by atoms with Gasteiger partial charge in [0.15, 0.2) is 0 Å². The number of morpholine rings is 1. The van der Waals surface area contributed by atoms with Crippen molar-refractivity contribution in [3.63, 3.8) is 0 Å². The lowest BCUT2D eigenvalue weighted by molar-refractivity contribution is 0.0199. The Labute approximate surface area is 160 Å². The standard InChI is InChI=1S/C21H28N4O2/c1-16(24-10-12-27-13-11-24)18-14-17-6-5-7-22-20(17)19(15-18)23-21(26)25-8-3-2-4-9-25/h5-7,14-16H,2-4,8-13H2,1H3,(H,23,26). The van der Waals surface area contributed by atoms with E-state index >= 15 is 0 Å². The summed E-state index contributed by atoms with van der Waals surface area (Å²) in [5, 5.41) is 4.19. The zero-order chi connectivity index (χ0) is 18.6. The highest BCUT2D eigenvalue weighted by atomic mass is 16.5. The lowest BCUT2D eigenvalue weighted by Gasteiger charge is -2.33. The van der Waals surface area contributed by atoms with E-state index in [0.717, 1.165) is 68.8 Å². The van der Waals surface area contributed by atoms with Gasteiger partial charge in [-0.1, -0.05) is 6.07 Å². The summed E-state index contributed by atoms with van der Waals surface area (Å²) in [4.78, 5) is 21.6. The summed E-state index contributed by atoms with van der Waals surface area (Å²) in [7, 11) is 0. The van der Waals surface area contributed by atoms with Crippen LogP contribution >= 0.6 is 0 Å². The van der Waals surface area contributed by atoms with E-state index in [1.54, 1.807) is 6.20 Å². The smallest absolute Gasteiger partial charge is 0.321 e. The lowest BCUT2D eigenvalue weighted by atomic mass is 10.0. The molecule has 27 heavy (non-hydrogen) atoms. The number of carbonyl (C=O) groups is 1. The summed E-state index contributed by atoms with van der Waals surface area (Å²) in [6.07, 6.45) is 5.16. The summed E-state index contributed by atoms with van der Waals surface area (Å²) in [5.41, 5.74) is 2.85. The molecular formula is C21H28N4O2. The molecule has 6 nitrogen and oxygen atoms in total. The summed E-state index contributed by atoms with van der Waals surface area (Å²) in [5.74, 6) is 0. The average molecular weight is 368 g/mol. The third-order valence-corrected chi connectivity index (χ3v) is 5.69. The third kappa shape index (κ3) is 4.06. The van der Waals surface area contributed by atoms with Crippen LogP contribution in [0.15, 0.2) is 30.5 Å². The number of rotatable bonds is 3. The normalized spacial score (nSPS) is 19.8. The van der Waals surface area contributed by atoms with Crippen molar-refractivity contribution in [1.82, 2.24) is 14.8 Å². The van der Waals surface area contributed by atoms with Crippen molar-refractivity contribution in [2.75, 3.05) is 44.7 Å². The van der Waals surface area contributed by atoms with Crippen molar-refractivity contribution in [2.24, 2.45) is 0 Å². The van der Waals surface area contributed by atoms with Gasteiger partial charge in [0.2, 0.25) is 0 Å². The first kappa shape index (κ1) is 18.2. The number of piperidine rings is 1. The summed E-state index contributed by atoms with van der Waals surface area (Å²) in [6.45, 7) is 7.31. The van der Waals surface area contributed by atoms with Crippen molar-refractivity contribution in [3.8, 4) is 0 Å². The Balaban J connectivity index is 1.62. The second kappa shape index (κ2) is 8.23. The fraction of sp³-hybridized carbons (Fsp3) is 0.524. The van der Waals surface area contributed by atoms with Gasteiger partial charge in [-0.2, -0.15) is 0 Å². The first-order valence-corrected chi connectivity index (χ1v) is 9.99. The molecule has 1 aromatic carbocycles. The maximum absolute atomic E-state index is 12.8. The molecule has 6 heteroatoms. The van der Waals surface area contributed by atoms with Crippen LogP contribution in [0.4, 0.5) is 10.5 Å². The monoisotopic (exact) mass is 368 g/mol. The van der Waals surface area contributed by atoms with E-state index in [2.05, 4.69) is 40.3 Å². The van der Waals surface area contributed by atoms with E-state index in [1.807, 2.05) is 11.0 Å². The van der Waals surface area contributed by atoms with Crippen LogP contribution < -0.4 is 5.32 Å². The fourth-order valence-electron chi connectivity index (χ4n) is 4.02. The molecular weight excluding hydrogens is 340 g/mol. The Hall–Kier alpha value is -2.18. The molecule has 2 aliphatic heterocycles. The second-order valence-electron chi connectivity index (χ2n) is 7.45. The molecule has 0 aliphatic carbocycles. The van der Waals surface area contributed by atoms with Gasteiger partial charge in [0.25, 0.3) is 0 Å². The van der Waals surface area contributed by atoms with Gasteiger partial charge in [-0.05, 0) is 49.9 Å². The van der Waals surface area contributed by atoms with Gasteiger partial charge in [-0.15, -0.1) is 0 Å². The minimum absolute atomic E-state index is 0.0159. The molecule has 2 aliphatic rings. The van der Waals surface area contributed by atoms with Gasteiger partial charge in [0, 0.05) is 43.8 Å². The number of fused-ring (bicyclic) bond motifs is 1. The minimum Gasteiger partial charge on any atom is -0.379 e. The van der Waals surface area contributed by atoms with Crippen LogP contribution in [0.25, 0.3) is 10.9 Å². The predicted octanol–water partition coefficient (Wildman–Crippen LogP) is 3.65. The Morgan fingerprint density at radius 2 is 1.93 bits per heavy atom. The van der Waals surface area contributed by atoms with Crippen molar-refractivity contribution >= 4 is 22.6 Å². The number of benzene rings is 1. The molecule has 1 N–H and O–H groups in total. The third-order valence-electron chi connectivity index (χ3n) is 5.69. The Morgan fingerprint density at radius 1 is 1.15 bits per heavy atom. The molecule has 4 rings (SSSR count). The molecule has 1 unspecified atom stereocenters. The number of hydrogen-bond acceptors (Lipinski definition) is 4. The highest BCUT2D eigenvalue weighted by molar-refractivity contribution is 6.00. The van der Waals surface area contributed by atoms with Gasteiger partial charge >= 0.3 is 6.03 Å². The van der Waals surface area contributed by atoms with Crippen LogP contribution in [0.5, 0.6) is 0 Å². The molecule has 2 fully saturated rings. The number of ether oxygens (including phenoxy) is 1. The van der Waals surface area contributed by atoms with Gasteiger partial charge in [0.1, 0.15) is 0 Å². The molecule has 1 atom stereocenters. The topological polar surface area (TPSA) is 57.7 Å². The quantitative estimate of drug-likeness (QED) is 0.898. The van der Waals surface area contributed by atoms with E-state index in [9.17, 15) is 4.79 Å². The van der Waals surface area contributed by atoms with Crippen LogP contribution in [0.2, 0.25) is 0 Å². The highest BCUT2D eigenvalue weighted by Crippen LogP contribution is 2.30. The number of urea groups is 1. The Morgan fingerprint density at radius 3 is 2.70 bits per heavy atom. The fourth-order valence-corrected chi connectivity index (χ4v) is 4.02. The lowest BCUT2D eigenvalue weighted by Crippen LogP contribution is -2.39. The maximum atomic E-state index is 12.8. The molecule has 0 spiro atoms. The number of amides is 2. The Kier molecular flexibility index (Phi) is 5.55. The molecule has 3 heterocycles. The van der Waals surface area contributed by atoms with Gasteiger partial charge < -0.3 is 15.0 Å². The van der Waals surface area contributed by atoms with Gasteiger partial charge in [0.05, 0.1) is 24.4 Å². The number of carbonyl (C=O) groups excluding carboxylic acids is 1. The van der Waals surface area contributed by atoms with Crippen LogP contribution in [0, 0.1) is 0 Å².